The van der Waals surface area contributed by atoms with Gasteiger partial charge in [-0.1, -0.05) is 42.5 Å². The lowest BCUT2D eigenvalue weighted by atomic mass is 10.0. The average molecular weight is 393 g/mol. The minimum atomic E-state index is 0.743. The first kappa shape index (κ1) is 18.4. The van der Waals surface area contributed by atoms with E-state index in [2.05, 4.69) is 43.0 Å². The van der Waals surface area contributed by atoms with Crippen LogP contribution in [-0.2, 0) is 0 Å². The van der Waals surface area contributed by atoms with Crippen molar-refractivity contribution in [2.75, 3.05) is 18.0 Å². The molecule has 3 aromatic carbocycles. The molecular formula is C26H23N3O. The van der Waals surface area contributed by atoms with Crippen LogP contribution in [0.4, 0.5) is 11.4 Å². The van der Waals surface area contributed by atoms with Gasteiger partial charge in [-0.25, -0.2) is 9.98 Å². The SMILES string of the molecule is CCN(CC)c1ccc2nc3c4ccccc4c(=Nc4ccccc4)cc-3oc2c1. The molecule has 3 aromatic rings. The van der Waals surface area contributed by atoms with Crippen LogP contribution in [-0.4, -0.2) is 18.1 Å². The minimum absolute atomic E-state index is 0.743. The summed E-state index contributed by atoms with van der Waals surface area (Å²) in [4.78, 5) is 12.1. The highest BCUT2D eigenvalue weighted by molar-refractivity contribution is 5.96. The number of aromatic nitrogens is 1. The first-order valence-electron chi connectivity index (χ1n) is 10.4. The zero-order valence-electron chi connectivity index (χ0n) is 17.2. The Kier molecular flexibility index (Phi) is 4.68. The lowest BCUT2D eigenvalue weighted by Crippen LogP contribution is -2.21. The maximum absolute atomic E-state index is 6.36. The Hall–Kier alpha value is -3.66. The molecule has 0 amide bonds. The van der Waals surface area contributed by atoms with Crippen LogP contribution in [0.1, 0.15) is 13.8 Å². The first-order valence-corrected chi connectivity index (χ1v) is 10.4. The van der Waals surface area contributed by atoms with E-state index in [0.29, 0.717) is 0 Å². The fourth-order valence-corrected chi connectivity index (χ4v) is 3.94. The topological polar surface area (TPSA) is 41.6 Å². The van der Waals surface area contributed by atoms with Crippen molar-refractivity contribution in [3.8, 4) is 11.5 Å². The second kappa shape index (κ2) is 7.64. The Morgan fingerprint density at radius 1 is 0.833 bits per heavy atom. The van der Waals surface area contributed by atoms with Crippen molar-refractivity contribution in [1.82, 2.24) is 4.98 Å². The smallest absolute Gasteiger partial charge is 0.155 e. The van der Waals surface area contributed by atoms with E-state index in [0.717, 1.165) is 63.1 Å². The zero-order valence-corrected chi connectivity index (χ0v) is 17.2. The van der Waals surface area contributed by atoms with Crippen LogP contribution < -0.4 is 10.3 Å². The number of nitrogens with zero attached hydrogens (tertiary/aromatic N) is 3. The van der Waals surface area contributed by atoms with Gasteiger partial charge in [0.2, 0.25) is 0 Å². The Labute approximate surface area is 175 Å². The van der Waals surface area contributed by atoms with E-state index in [1.54, 1.807) is 0 Å². The van der Waals surface area contributed by atoms with E-state index < -0.39 is 0 Å². The van der Waals surface area contributed by atoms with Gasteiger partial charge in [-0.05, 0) is 38.1 Å². The molecule has 4 heteroatoms. The van der Waals surface area contributed by atoms with E-state index in [-0.39, 0.29) is 0 Å². The van der Waals surface area contributed by atoms with Crippen molar-refractivity contribution >= 4 is 33.2 Å². The van der Waals surface area contributed by atoms with Gasteiger partial charge in [-0.3, -0.25) is 0 Å². The molecule has 0 spiro atoms. The van der Waals surface area contributed by atoms with Crippen LogP contribution in [0.2, 0.25) is 0 Å². The van der Waals surface area contributed by atoms with E-state index in [9.17, 15) is 0 Å². The number of fused-ring (bicyclic) bond motifs is 4. The van der Waals surface area contributed by atoms with Crippen molar-refractivity contribution in [1.29, 1.82) is 0 Å². The van der Waals surface area contributed by atoms with Gasteiger partial charge in [0.1, 0.15) is 11.2 Å². The highest BCUT2D eigenvalue weighted by Crippen LogP contribution is 2.31. The van der Waals surface area contributed by atoms with Crippen molar-refractivity contribution in [2.24, 2.45) is 4.99 Å². The Balaban J connectivity index is 1.80. The molecule has 30 heavy (non-hydrogen) atoms. The summed E-state index contributed by atoms with van der Waals surface area (Å²) in [5.41, 5.74) is 4.57. The largest absolute Gasteiger partial charge is 0.453 e. The number of rotatable bonds is 4. The summed E-state index contributed by atoms with van der Waals surface area (Å²) in [5, 5.41) is 2.99. The zero-order chi connectivity index (χ0) is 20.5. The molecule has 1 heterocycles. The standard InChI is InChI=1S/C26H23N3O/c1-3-29(4-2)19-14-15-22-24(16-19)30-25-17-23(27-18-10-6-5-7-11-18)20-12-8-9-13-21(20)26(25)28-22/h5-17H,3-4H2,1-2H3. The molecule has 0 atom stereocenters. The van der Waals surface area contributed by atoms with Gasteiger partial charge >= 0.3 is 0 Å². The lowest BCUT2D eigenvalue weighted by Gasteiger charge is -2.21. The van der Waals surface area contributed by atoms with Gasteiger partial charge in [0.05, 0.1) is 11.0 Å². The van der Waals surface area contributed by atoms with Gasteiger partial charge in [-0.2, -0.15) is 0 Å². The number of hydrogen-bond acceptors (Lipinski definition) is 4. The molecule has 148 valence electrons. The van der Waals surface area contributed by atoms with Crippen LogP contribution >= 0.6 is 0 Å². The van der Waals surface area contributed by atoms with Crippen LogP contribution in [0.25, 0.3) is 33.3 Å². The second-order valence-electron chi connectivity index (χ2n) is 7.27. The number of anilines is 1. The molecule has 0 aromatic heterocycles. The lowest BCUT2D eigenvalue weighted by molar-refractivity contribution is 0.613. The Bertz CT molecular complexity index is 1370. The van der Waals surface area contributed by atoms with Gasteiger partial charge in [-0.15, -0.1) is 0 Å². The maximum atomic E-state index is 6.36. The number of benzene rings is 4. The molecule has 2 aliphatic rings. The Morgan fingerprint density at radius 3 is 2.33 bits per heavy atom. The summed E-state index contributed by atoms with van der Waals surface area (Å²) < 4.78 is 6.36. The van der Waals surface area contributed by atoms with Crippen molar-refractivity contribution in [2.45, 2.75) is 13.8 Å². The summed E-state index contributed by atoms with van der Waals surface area (Å²) in [5.74, 6) is 0.743. The van der Waals surface area contributed by atoms with Crippen LogP contribution in [0, 0.1) is 0 Å². The third kappa shape index (κ3) is 3.20. The van der Waals surface area contributed by atoms with E-state index >= 15 is 0 Å². The van der Waals surface area contributed by atoms with Gasteiger partial charge in [0.15, 0.2) is 11.3 Å². The predicted molar refractivity (Wildman–Crippen MR) is 123 cm³/mol. The van der Waals surface area contributed by atoms with Crippen molar-refractivity contribution in [3.05, 3.63) is 84.2 Å². The third-order valence-corrected chi connectivity index (χ3v) is 5.49. The molecule has 0 bridgehead atoms. The molecule has 4 nitrogen and oxygen atoms in total. The van der Waals surface area contributed by atoms with Crippen molar-refractivity contribution < 1.29 is 4.42 Å². The normalized spacial score (nSPS) is 12.1. The van der Waals surface area contributed by atoms with E-state index in [1.165, 1.54) is 0 Å². The summed E-state index contributed by atoms with van der Waals surface area (Å²) in [6.07, 6.45) is 0. The minimum Gasteiger partial charge on any atom is -0.453 e. The van der Waals surface area contributed by atoms with E-state index in [1.807, 2.05) is 54.6 Å². The molecule has 0 fully saturated rings. The molecular weight excluding hydrogens is 370 g/mol. The summed E-state index contributed by atoms with van der Waals surface area (Å²) in [6, 6.07) is 26.5. The second-order valence-corrected chi connectivity index (χ2v) is 7.27. The molecule has 0 unspecified atom stereocenters. The predicted octanol–water partition coefficient (Wildman–Crippen LogP) is 6.16. The maximum Gasteiger partial charge on any atom is 0.155 e. The summed E-state index contributed by atoms with van der Waals surface area (Å²) in [7, 11) is 0. The number of para-hydroxylation sites is 1. The molecule has 0 radical (unpaired) electrons. The fraction of sp³-hybridized carbons (Fsp3) is 0.154. The molecule has 0 saturated carbocycles. The highest BCUT2D eigenvalue weighted by atomic mass is 16.3. The van der Waals surface area contributed by atoms with Gasteiger partial charge < -0.3 is 9.32 Å². The summed E-state index contributed by atoms with van der Waals surface area (Å²) >= 11 is 0. The molecule has 5 rings (SSSR count). The van der Waals surface area contributed by atoms with Crippen LogP contribution in [0.3, 0.4) is 0 Å². The van der Waals surface area contributed by atoms with Gasteiger partial charge in [0.25, 0.3) is 0 Å². The average Bonchev–Trinajstić information content (AvgIpc) is 2.79. The third-order valence-electron chi connectivity index (χ3n) is 5.49. The van der Waals surface area contributed by atoms with Gasteiger partial charge in [0, 0.05) is 41.7 Å². The molecule has 1 aliphatic carbocycles. The quantitative estimate of drug-likeness (QED) is 0.271. The van der Waals surface area contributed by atoms with Crippen molar-refractivity contribution in [3.63, 3.8) is 0 Å². The monoisotopic (exact) mass is 393 g/mol. The molecule has 0 saturated heterocycles. The number of hydrogen-bond donors (Lipinski definition) is 0. The van der Waals surface area contributed by atoms with E-state index in [4.69, 9.17) is 14.4 Å². The summed E-state index contributed by atoms with van der Waals surface area (Å²) in [6.45, 7) is 6.22. The Morgan fingerprint density at radius 2 is 1.57 bits per heavy atom. The van der Waals surface area contributed by atoms with Crippen LogP contribution in [0.5, 0.6) is 0 Å². The molecule has 1 aliphatic heterocycles. The first-order chi connectivity index (χ1) is 14.8. The highest BCUT2D eigenvalue weighted by Gasteiger charge is 2.15. The molecule has 0 N–H and O–H groups in total. The van der Waals surface area contributed by atoms with Crippen LogP contribution in [0.15, 0.2) is 88.3 Å². The fourth-order valence-electron chi connectivity index (χ4n) is 3.94.